The molecule has 1 aliphatic rings. The minimum Gasteiger partial charge on any atom is -0.378 e. The Morgan fingerprint density at radius 3 is 2.68 bits per heavy atom. The van der Waals surface area contributed by atoms with E-state index in [9.17, 15) is 4.79 Å². The second-order valence-electron chi connectivity index (χ2n) is 4.93. The summed E-state index contributed by atoms with van der Waals surface area (Å²) in [5, 5.41) is 0. The normalized spacial score (nSPS) is 15.9. The first-order valence-corrected chi connectivity index (χ1v) is 6.42. The Bertz CT molecular complexity index is 456. The minimum absolute atomic E-state index is 0.0519. The van der Waals surface area contributed by atoms with Gasteiger partial charge in [0.15, 0.2) is 5.78 Å². The van der Waals surface area contributed by atoms with E-state index < -0.39 is 0 Å². The molecule has 0 spiro atoms. The molecule has 6 nitrogen and oxygen atoms in total. The van der Waals surface area contributed by atoms with Crippen molar-refractivity contribution in [2.45, 2.75) is 6.92 Å². The van der Waals surface area contributed by atoms with E-state index in [4.69, 9.17) is 4.74 Å². The van der Waals surface area contributed by atoms with E-state index in [2.05, 4.69) is 14.9 Å². The molecule has 0 aromatic carbocycles. The van der Waals surface area contributed by atoms with Crippen LogP contribution in [-0.2, 0) is 4.74 Å². The van der Waals surface area contributed by atoms with Gasteiger partial charge in [-0.15, -0.1) is 0 Å². The number of aromatic nitrogens is 2. The highest BCUT2D eigenvalue weighted by atomic mass is 16.5. The number of hydrogen-bond donors (Lipinski definition) is 0. The van der Waals surface area contributed by atoms with Crippen LogP contribution in [-0.4, -0.2) is 67.6 Å². The summed E-state index contributed by atoms with van der Waals surface area (Å²) in [6.07, 6.45) is 1.64. The third-order valence-corrected chi connectivity index (χ3v) is 3.02. The van der Waals surface area contributed by atoms with Gasteiger partial charge in [-0.2, -0.15) is 0 Å². The van der Waals surface area contributed by atoms with E-state index in [1.165, 1.54) is 0 Å². The van der Waals surface area contributed by atoms with Crippen molar-refractivity contribution < 1.29 is 9.53 Å². The van der Waals surface area contributed by atoms with Crippen LogP contribution in [0.25, 0.3) is 0 Å². The third kappa shape index (κ3) is 3.48. The zero-order valence-corrected chi connectivity index (χ0v) is 11.7. The van der Waals surface area contributed by atoms with Gasteiger partial charge in [0.05, 0.1) is 31.0 Å². The highest BCUT2D eigenvalue weighted by molar-refractivity contribution is 5.98. The largest absolute Gasteiger partial charge is 0.378 e. The van der Waals surface area contributed by atoms with Gasteiger partial charge in [0.25, 0.3) is 0 Å². The number of likely N-dealkylation sites (N-methyl/N-ethyl adjacent to an activating group) is 1. The monoisotopic (exact) mass is 264 g/mol. The van der Waals surface area contributed by atoms with Gasteiger partial charge in [-0.05, 0) is 21.0 Å². The molecule has 19 heavy (non-hydrogen) atoms. The Kier molecular flexibility index (Phi) is 4.44. The number of Topliss-reactive ketones (excluding diaryl/α,β-unsaturated/α-hetero) is 1. The fourth-order valence-electron chi connectivity index (χ4n) is 2.02. The van der Waals surface area contributed by atoms with Gasteiger partial charge < -0.3 is 14.5 Å². The summed E-state index contributed by atoms with van der Waals surface area (Å²) < 4.78 is 5.30. The maximum Gasteiger partial charge on any atom is 0.225 e. The lowest BCUT2D eigenvalue weighted by molar-refractivity contribution is 0.0956. The van der Waals surface area contributed by atoms with E-state index in [0.717, 1.165) is 18.8 Å². The first-order chi connectivity index (χ1) is 9.08. The summed E-state index contributed by atoms with van der Waals surface area (Å²) in [6.45, 7) is 5.22. The molecule has 0 atom stereocenters. The van der Waals surface area contributed by atoms with Crippen molar-refractivity contribution in [3.63, 3.8) is 0 Å². The van der Waals surface area contributed by atoms with Crippen LogP contribution in [0, 0.1) is 6.92 Å². The Morgan fingerprint density at radius 1 is 1.42 bits per heavy atom. The van der Waals surface area contributed by atoms with Gasteiger partial charge >= 0.3 is 0 Å². The number of anilines is 1. The van der Waals surface area contributed by atoms with Crippen molar-refractivity contribution in [3.8, 4) is 0 Å². The van der Waals surface area contributed by atoms with Gasteiger partial charge in [-0.3, -0.25) is 4.79 Å². The van der Waals surface area contributed by atoms with Crippen LogP contribution in [0.15, 0.2) is 6.20 Å². The molecule has 0 N–H and O–H groups in total. The number of morpholine rings is 1. The molecule has 1 aromatic rings. The first-order valence-electron chi connectivity index (χ1n) is 6.42. The smallest absolute Gasteiger partial charge is 0.225 e. The van der Waals surface area contributed by atoms with Crippen molar-refractivity contribution in [3.05, 3.63) is 17.5 Å². The van der Waals surface area contributed by atoms with Crippen LogP contribution in [0.4, 0.5) is 5.95 Å². The molecule has 0 bridgehead atoms. The molecule has 0 aliphatic carbocycles. The zero-order valence-electron chi connectivity index (χ0n) is 11.7. The van der Waals surface area contributed by atoms with Gasteiger partial charge in [0.2, 0.25) is 5.95 Å². The maximum absolute atomic E-state index is 12.0. The highest BCUT2D eigenvalue weighted by Gasteiger charge is 2.17. The van der Waals surface area contributed by atoms with Gasteiger partial charge in [-0.25, -0.2) is 9.97 Å². The number of ether oxygens (including phenoxy) is 1. The molecule has 1 saturated heterocycles. The Morgan fingerprint density at radius 2 is 2.11 bits per heavy atom. The SMILES string of the molecule is Cc1nc(N2CCOCC2)ncc1C(=O)CN(C)C. The molecule has 0 radical (unpaired) electrons. The topological polar surface area (TPSA) is 58.6 Å². The second kappa shape index (κ2) is 6.08. The van der Waals surface area contributed by atoms with Gasteiger partial charge in [0, 0.05) is 19.3 Å². The average molecular weight is 264 g/mol. The number of hydrogen-bond acceptors (Lipinski definition) is 6. The molecule has 0 amide bonds. The summed E-state index contributed by atoms with van der Waals surface area (Å²) in [4.78, 5) is 24.7. The lowest BCUT2D eigenvalue weighted by atomic mass is 10.1. The maximum atomic E-state index is 12.0. The van der Waals surface area contributed by atoms with Crippen molar-refractivity contribution in [1.29, 1.82) is 0 Å². The minimum atomic E-state index is 0.0519. The van der Waals surface area contributed by atoms with E-state index >= 15 is 0 Å². The van der Waals surface area contributed by atoms with Crippen LogP contribution in [0.3, 0.4) is 0 Å². The van der Waals surface area contributed by atoms with E-state index in [1.54, 1.807) is 6.20 Å². The predicted molar refractivity (Wildman–Crippen MR) is 72.7 cm³/mol. The fourth-order valence-corrected chi connectivity index (χ4v) is 2.02. The molecule has 104 valence electrons. The highest BCUT2D eigenvalue weighted by Crippen LogP contribution is 2.13. The van der Waals surface area contributed by atoms with Crippen molar-refractivity contribution in [2.24, 2.45) is 0 Å². The number of ketones is 1. The molecule has 2 heterocycles. The third-order valence-electron chi connectivity index (χ3n) is 3.02. The van der Waals surface area contributed by atoms with Crippen molar-refractivity contribution >= 4 is 11.7 Å². The standard InChI is InChI=1S/C13H20N4O2/c1-10-11(12(18)9-16(2)3)8-14-13(15-10)17-4-6-19-7-5-17/h8H,4-7,9H2,1-3H3. The number of rotatable bonds is 4. The number of nitrogens with zero attached hydrogens (tertiary/aromatic N) is 4. The van der Waals surface area contributed by atoms with E-state index in [-0.39, 0.29) is 5.78 Å². The number of aryl methyl sites for hydroxylation is 1. The lowest BCUT2D eigenvalue weighted by Gasteiger charge is -2.27. The lowest BCUT2D eigenvalue weighted by Crippen LogP contribution is -2.37. The molecular formula is C13H20N4O2. The van der Waals surface area contributed by atoms with Gasteiger partial charge in [0.1, 0.15) is 0 Å². The van der Waals surface area contributed by atoms with Crippen LogP contribution < -0.4 is 4.90 Å². The number of carbonyl (C=O) groups excluding carboxylic acids is 1. The molecule has 6 heteroatoms. The quantitative estimate of drug-likeness (QED) is 0.732. The molecule has 0 saturated carbocycles. The molecule has 1 aromatic heterocycles. The number of carbonyl (C=O) groups is 1. The molecule has 1 aliphatic heterocycles. The van der Waals surface area contributed by atoms with Crippen LogP contribution in [0.2, 0.25) is 0 Å². The Labute approximate surface area is 113 Å². The van der Waals surface area contributed by atoms with Crippen molar-refractivity contribution in [2.75, 3.05) is 51.8 Å². The summed E-state index contributed by atoms with van der Waals surface area (Å²) in [5.74, 6) is 0.734. The fraction of sp³-hybridized carbons (Fsp3) is 0.615. The average Bonchev–Trinajstić information content (AvgIpc) is 2.38. The summed E-state index contributed by atoms with van der Waals surface area (Å²) >= 11 is 0. The Hall–Kier alpha value is -1.53. The van der Waals surface area contributed by atoms with Crippen molar-refractivity contribution in [1.82, 2.24) is 14.9 Å². The Balaban J connectivity index is 2.14. The molecule has 0 unspecified atom stereocenters. The summed E-state index contributed by atoms with van der Waals surface area (Å²) in [6, 6.07) is 0. The van der Waals surface area contributed by atoms with Crippen LogP contribution in [0.1, 0.15) is 16.1 Å². The van der Waals surface area contributed by atoms with E-state index in [1.807, 2.05) is 25.9 Å². The molecular weight excluding hydrogens is 244 g/mol. The second-order valence-corrected chi connectivity index (χ2v) is 4.93. The van der Waals surface area contributed by atoms with Crippen LogP contribution in [0.5, 0.6) is 0 Å². The zero-order chi connectivity index (χ0) is 13.8. The van der Waals surface area contributed by atoms with Crippen LogP contribution >= 0.6 is 0 Å². The summed E-state index contributed by atoms with van der Waals surface area (Å²) in [5.41, 5.74) is 1.34. The molecule has 2 rings (SSSR count). The first kappa shape index (κ1) is 13.9. The summed E-state index contributed by atoms with van der Waals surface area (Å²) in [7, 11) is 3.74. The molecule has 1 fully saturated rings. The van der Waals surface area contributed by atoms with E-state index in [0.29, 0.717) is 31.3 Å². The van der Waals surface area contributed by atoms with Gasteiger partial charge in [-0.1, -0.05) is 0 Å². The predicted octanol–water partition coefficient (Wildman–Crippen LogP) is 0.366.